The quantitative estimate of drug-likeness (QED) is 0.371. The van der Waals surface area contributed by atoms with Crippen molar-refractivity contribution < 1.29 is 23.5 Å². The number of amides is 1. The summed E-state index contributed by atoms with van der Waals surface area (Å²) in [6.45, 7) is 1.68. The van der Waals surface area contributed by atoms with E-state index in [-0.39, 0.29) is 16.1 Å². The summed E-state index contributed by atoms with van der Waals surface area (Å²) in [6.07, 6.45) is 2.96. The van der Waals surface area contributed by atoms with E-state index in [0.717, 1.165) is 33.9 Å². The van der Waals surface area contributed by atoms with Crippen LogP contribution in [0, 0.1) is 18.6 Å². The fraction of sp³-hybridized carbons (Fsp3) is 0.0769. The maximum absolute atomic E-state index is 14.1. The number of anilines is 1. The number of hydrogen-bond acceptors (Lipinski definition) is 6. The highest BCUT2D eigenvalue weighted by Crippen LogP contribution is 2.43. The Balaban J connectivity index is 1.63. The highest BCUT2D eigenvalue weighted by atomic mass is 32.1. The fourth-order valence-electron chi connectivity index (χ4n) is 4.03. The van der Waals surface area contributed by atoms with Crippen molar-refractivity contribution in [3.05, 3.63) is 112 Å². The Hall–Kier alpha value is -4.24. The summed E-state index contributed by atoms with van der Waals surface area (Å²) in [4.78, 5) is 36.8. The lowest BCUT2D eigenvalue weighted by Gasteiger charge is -2.26. The lowest BCUT2D eigenvalue weighted by atomic mass is 9.95. The molecule has 0 bridgehead atoms. The third kappa shape index (κ3) is 3.89. The molecule has 174 valence electrons. The molecule has 35 heavy (non-hydrogen) atoms. The number of aromatic nitrogens is 2. The third-order valence-corrected chi connectivity index (χ3v) is 6.88. The van der Waals surface area contributed by atoms with Crippen LogP contribution in [0.15, 0.2) is 84.4 Å². The van der Waals surface area contributed by atoms with Gasteiger partial charge in [-0.2, -0.15) is 0 Å². The van der Waals surface area contributed by atoms with Gasteiger partial charge in [0.25, 0.3) is 5.91 Å². The number of rotatable bonds is 5. The topological polar surface area (TPSA) is 83.4 Å². The van der Waals surface area contributed by atoms with E-state index in [4.69, 9.17) is 0 Å². The number of carbonyl (C=O) groups excluding carboxylic acids is 2. The number of hydrogen-bond donors (Lipinski definition) is 1. The zero-order chi connectivity index (χ0) is 24.7. The zero-order valence-corrected chi connectivity index (χ0v) is 19.1. The van der Waals surface area contributed by atoms with Gasteiger partial charge in [-0.1, -0.05) is 30.3 Å². The van der Waals surface area contributed by atoms with Gasteiger partial charge >= 0.3 is 0 Å². The van der Waals surface area contributed by atoms with E-state index in [1.165, 1.54) is 18.5 Å². The van der Waals surface area contributed by atoms with Crippen molar-refractivity contribution in [3.63, 3.8) is 0 Å². The molecule has 1 atom stereocenters. The van der Waals surface area contributed by atoms with E-state index in [0.29, 0.717) is 16.3 Å². The van der Waals surface area contributed by atoms with Gasteiger partial charge in [-0.25, -0.2) is 13.8 Å². The predicted octanol–water partition coefficient (Wildman–Crippen LogP) is 5.57. The Kier molecular flexibility index (Phi) is 5.70. The van der Waals surface area contributed by atoms with Gasteiger partial charge in [0.15, 0.2) is 17.4 Å². The molecule has 1 aliphatic heterocycles. The lowest BCUT2D eigenvalue weighted by molar-refractivity contribution is -0.117. The molecule has 0 radical (unpaired) electrons. The van der Waals surface area contributed by atoms with Gasteiger partial charge in [-0.3, -0.25) is 19.5 Å². The minimum Gasteiger partial charge on any atom is -0.503 e. The monoisotopic (exact) mass is 489 g/mol. The first-order chi connectivity index (χ1) is 16.9. The molecule has 5 rings (SSSR count). The minimum atomic E-state index is -1.16. The van der Waals surface area contributed by atoms with Crippen LogP contribution < -0.4 is 4.90 Å². The van der Waals surface area contributed by atoms with E-state index in [1.54, 1.807) is 19.1 Å². The largest absolute Gasteiger partial charge is 0.503 e. The molecule has 0 saturated carbocycles. The number of benzene rings is 2. The van der Waals surface area contributed by atoms with Crippen molar-refractivity contribution in [3.8, 4) is 10.6 Å². The summed E-state index contributed by atoms with van der Waals surface area (Å²) in [6, 6.07) is 14.4. The molecule has 0 aliphatic carbocycles. The number of pyridine rings is 1. The Morgan fingerprint density at radius 1 is 1.03 bits per heavy atom. The van der Waals surface area contributed by atoms with Crippen LogP contribution in [0.4, 0.5) is 14.5 Å². The van der Waals surface area contributed by atoms with Crippen LogP contribution in [0.5, 0.6) is 0 Å². The van der Waals surface area contributed by atoms with Crippen LogP contribution >= 0.6 is 11.3 Å². The molecule has 1 amide bonds. The predicted molar refractivity (Wildman–Crippen MR) is 127 cm³/mol. The summed E-state index contributed by atoms with van der Waals surface area (Å²) >= 11 is 1.15. The third-order valence-electron chi connectivity index (χ3n) is 5.68. The molecule has 1 N–H and O–H groups in total. The van der Waals surface area contributed by atoms with Crippen molar-refractivity contribution in [2.75, 3.05) is 4.90 Å². The summed E-state index contributed by atoms with van der Waals surface area (Å²) in [7, 11) is 0. The van der Waals surface area contributed by atoms with E-state index in [9.17, 15) is 23.5 Å². The molecular weight excluding hydrogens is 472 g/mol. The normalized spacial score (nSPS) is 15.7. The first-order valence-corrected chi connectivity index (χ1v) is 11.4. The summed E-state index contributed by atoms with van der Waals surface area (Å²) in [5, 5.41) is 11.5. The second-order valence-electron chi connectivity index (χ2n) is 7.85. The number of nitrogens with zero attached hydrogens (tertiary/aromatic N) is 3. The maximum atomic E-state index is 14.1. The van der Waals surface area contributed by atoms with Crippen LogP contribution in [-0.4, -0.2) is 26.8 Å². The molecule has 0 fully saturated rings. The second kappa shape index (κ2) is 8.84. The molecule has 9 heteroatoms. The fourth-order valence-corrected chi connectivity index (χ4v) is 5.06. The SMILES string of the molecule is Cc1nc(-c2ccccc2)sc1C(=O)C1=C(O)C(=O)N(c2ccc(F)c(F)c2)C1c1ccncc1. The highest BCUT2D eigenvalue weighted by molar-refractivity contribution is 7.17. The number of aliphatic hydroxyl groups is 1. The van der Waals surface area contributed by atoms with E-state index < -0.39 is 35.1 Å². The molecule has 4 aromatic rings. The molecular formula is C26H17F2N3O3S. The summed E-state index contributed by atoms with van der Waals surface area (Å²) in [5.41, 5.74) is 1.57. The number of halogens is 2. The Labute approximate surface area is 202 Å². The van der Waals surface area contributed by atoms with E-state index in [1.807, 2.05) is 30.3 Å². The lowest BCUT2D eigenvalue weighted by Crippen LogP contribution is -2.31. The number of Topliss-reactive ketones (excluding diaryl/α,β-unsaturated/α-hetero) is 1. The van der Waals surface area contributed by atoms with Crippen molar-refractivity contribution in [1.29, 1.82) is 0 Å². The standard InChI is InChI=1S/C26H17F2N3O3S/c1-14-24(35-25(30-14)16-5-3-2-4-6-16)22(32)20-21(15-9-11-29-12-10-15)31(26(34)23(20)33)17-7-8-18(27)19(28)13-17/h2-13,21,33H,1H3. The average molecular weight is 490 g/mol. The first kappa shape index (κ1) is 22.5. The average Bonchev–Trinajstić information content (AvgIpc) is 3.39. The van der Waals surface area contributed by atoms with Crippen molar-refractivity contribution in [2.24, 2.45) is 0 Å². The van der Waals surface area contributed by atoms with Crippen LogP contribution in [0.25, 0.3) is 10.6 Å². The molecule has 3 heterocycles. The molecule has 2 aromatic heterocycles. The molecule has 0 saturated heterocycles. The Bertz CT molecular complexity index is 1490. The molecule has 6 nitrogen and oxygen atoms in total. The van der Waals surface area contributed by atoms with E-state index >= 15 is 0 Å². The molecule has 1 aliphatic rings. The number of carbonyl (C=O) groups is 2. The Morgan fingerprint density at radius 3 is 2.43 bits per heavy atom. The molecule has 2 aromatic carbocycles. The highest BCUT2D eigenvalue weighted by Gasteiger charge is 2.45. The van der Waals surface area contributed by atoms with Gasteiger partial charge in [0, 0.05) is 29.7 Å². The van der Waals surface area contributed by atoms with Crippen LogP contribution in [-0.2, 0) is 4.79 Å². The summed E-state index contributed by atoms with van der Waals surface area (Å²) in [5.74, 6) is -4.46. The first-order valence-electron chi connectivity index (χ1n) is 10.6. The number of thiazole rings is 1. The maximum Gasteiger partial charge on any atom is 0.294 e. The van der Waals surface area contributed by atoms with Crippen molar-refractivity contribution in [2.45, 2.75) is 13.0 Å². The van der Waals surface area contributed by atoms with Gasteiger partial charge < -0.3 is 5.11 Å². The van der Waals surface area contributed by atoms with Gasteiger partial charge in [-0.05, 0) is 36.8 Å². The van der Waals surface area contributed by atoms with Crippen molar-refractivity contribution >= 4 is 28.7 Å². The number of aliphatic hydroxyl groups excluding tert-OH is 1. The number of ketones is 1. The van der Waals surface area contributed by atoms with Crippen LogP contribution in [0.3, 0.4) is 0 Å². The van der Waals surface area contributed by atoms with Gasteiger partial charge in [-0.15, -0.1) is 11.3 Å². The van der Waals surface area contributed by atoms with Crippen molar-refractivity contribution in [1.82, 2.24) is 9.97 Å². The van der Waals surface area contributed by atoms with E-state index in [2.05, 4.69) is 9.97 Å². The molecule has 1 unspecified atom stereocenters. The van der Waals surface area contributed by atoms with Crippen LogP contribution in [0.2, 0.25) is 0 Å². The second-order valence-corrected chi connectivity index (χ2v) is 8.85. The van der Waals surface area contributed by atoms with Gasteiger partial charge in [0.1, 0.15) is 5.01 Å². The molecule has 0 spiro atoms. The van der Waals surface area contributed by atoms with Gasteiger partial charge in [0.05, 0.1) is 22.2 Å². The minimum absolute atomic E-state index is 0.00365. The zero-order valence-electron chi connectivity index (χ0n) is 18.3. The van der Waals surface area contributed by atoms with Gasteiger partial charge in [0.2, 0.25) is 5.78 Å². The number of aryl methyl sites for hydroxylation is 1. The van der Waals surface area contributed by atoms with Crippen LogP contribution in [0.1, 0.15) is 27.0 Å². The smallest absolute Gasteiger partial charge is 0.294 e. The summed E-state index contributed by atoms with van der Waals surface area (Å²) < 4.78 is 27.6. The Morgan fingerprint density at radius 2 is 1.74 bits per heavy atom.